The molecule has 1 aliphatic heterocycles. The normalized spacial score (nSPS) is 20.6. The third kappa shape index (κ3) is 3.75. The SMILES string of the molecule is COC(=O)C[C@@H]1CSCCN1Cc1ccccc1. The summed E-state index contributed by atoms with van der Waals surface area (Å²) in [6.07, 6.45) is 0.496. The Morgan fingerprint density at radius 3 is 2.94 bits per heavy atom. The van der Waals surface area contributed by atoms with Crippen LogP contribution in [0.4, 0.5) is 0 Å². The summed E-state index contributed by atoms with van der Waals surface area (Å²) in [5, 5.41) is 0. The molecule has 1 saturated heterocycles. The number of carbonyl (C=O) groups is 1. The number of thioether (sulfide) groups is 1. The number of nitrogens with zero attached hydrogens (tertiary/aromatic N) is 1. The minimum absolute atomic E-state index is 0.111. The van der Waals surface area contributed by atoms with Crippen LogP contribution in [-0.2, 0) is 16.1 Å². The molecule has 0 bridgehead atoms. The van der Waals surface area contributed by atoms with Gasteiger partial charge in [-0.15, -0.1) is 0 Å². The minimum atomic E-state index is -0.111. The standard InChI is InChI=1S/C14H19NO2S/c1-17-14(16)9-13-11-18-8-7-15(13)10-12-5-3-2-4-6-12/h2-6,13H,7-11H2,1H3/t13-/m1/s1. The van der Waals surface area contributed by atoms with Gasteiger partial charge >= 0.3 is 5.97 Å². The predicted octanol–water partition coefficient (Wildman–Crippen LogP) is 2.17. The van der Waals surface area contributed by atoms with Crippen molar-refractivity contribution in [3.05, 3.63) is 35.9 Å². The summed E-state index contributed by atoms with van der Waals surface area (Å²) in [5.41, 5.74) is 1.30. The molecular weight excluding hydrogens is 246 g/mol. The van der Waals surface area contributed by atoms with Gasteiger partial charge < -0.3 is 4.74 Å². The minimum Gasteiger partial charge on any atom is -0.469 e. The molecule has 0 aromatic heterocycles. The second-order valence-corrected chi connectivity index (χ2v) is 5.61. The van der Waals surface area contributed by atoms with Gasteiger partial charge in [-0.1, -0.05) is 30.3 Å². The van der Waals surface area contributed by atoms with Gasteiger partial charge in [0.05, 0.1) is 13.5 Å². The van der Waals surface area contributed by atoms with Gasteiger partial charge in [-0.2, -0.15) is 11.8 Å². The molecule has 3 nitrogen and oxygen atoms in total. The third-order valence-corrected chi connectivity index (χ3v) is 4.30. The lowest BCUT2D eigenvalue weighted by atomic mass is 10.1. The van der Waals surface area contributed by atoms with E-state index in [4.69, 9.17) is 4.74 Å². The Labute approximate surface area is 113 Å². The van der Waals surface area contributed by atoms with Gasteiger partial charge in [0.15, 0.2) is 0 Å². The highest BCUT2D eigenvalue weighted by Crippen LogP contribution is 2.21. The van der Waals surface area contributed by atoms with E-state index >= 15 is 0 Å². The number of methoxy groups -OCH3 is 1. The number of esters is 1. The Bertz CT molecular complexity index is 383. The van der Waals surface area contributed by atoms with Gasteiger partial charge in [0.1, 0.15) is 0 Å². The van der Waals surface area contributed by atoms with Crippen molar-refractivity contribution >= 4 is 17.7 Å². The number of hydrogen-bond donors (Lipinski definition) is 0. The van der Waals surface area contributed by atoms with E-state index in [9.17, 15) is 4.79 Å². The van der Waals surface area contributed by atoms with E-state index in [0.717, 1.165) is 24.6 Å². The number of carbonyl (C=O) groups excluding carboxylic acids is 1. The maximum absolute atomic E-state index is 11.4. The molecule has 18 heavy (non-hydrogen) atoms. The zero-order valence-electron chi connectivity index (χ0n) is 10.7. The van der Waals surface area contributed by atoms with Crippen molar-refractivity contribution in [2.45, 2.75) is 19.0 Å². The summed E-state index contributed by atoms with van der Waals surface area (Å²) in [4.78, 5) is 13.8. The quantitative estimate of drug-likeness (QED) is 0.780. The fourth-order valence-corrected chi connectivity index (χ4v) is 3.31. The van der Waals surface area contributed by atoms with E-state index in [2.05, 4.69) is 29.2 Å². The van der Waals surface area contributed by atoms with Crippen molar-refractivity contribution in [3.63, 3.8) is 0 Å². The van der Waals surface area contributed by atoms with Crippen LogP contribution in [0.5, 0.6) is 0 Å². The zero-order valence-corrected chi connectivity index (χ0v) is 11.5. The van der Waals surface area contributed by atoms with Crippen LogP contribution in [0.25, 0.3) is 0 Å². The molecule has 2 rings (SSSR count). The largest absolute Gasteiger partial charge is 0.469 e. The van der Waals surface area contributed by atoms with Crippen LogP contribution in [0.2, 0.25) is 0 Å². The molecule has 98 valence electrons. The van der Waals surface area contributed by atoms with Crippen LogP contribution in [0.1, 0.15) is 12.0 Å². The average molecular weight is 265 g/mol. The van der Waals surface area contributed by atoms with Gasteiger partial charge in [0.2, 0.25) is 0 Å². The molecule has 4 heteroatoms. The number of rotatable bonds is 4. The van der Waals surface area contributed by atoms with Gasteiger partial charge in [0.25, 0.3) is 0 Å². The van der Waals surface area contributed by atoms with E-state index in [1.165, 1.54) is 12.7 Å². The molecule has 1 atom stereocenters. The summed E-state index contributed by atoms with van der Waals surface area (Å²) in [7, 11) is 1.46. The molecule has 1 aliphatic rings. The Kier molecular flexibility index (Phi) is 5.08. The molecule has 1 heterocycles. The van der Waals surface area contributed by atoms with Gasteiger partial charge in [-0.25, -0.2) is 0 Å². The predicted molar refractivity (Wildman–Crippen MR) is 74.6 cm³/mol. The molecule has 1 fully saturated rings. The van der Waals surface area contributed by atoms with Crippen molar-refractivity contribution in [1.29, 1.82) is 0 Å². The van der Waals surface area contributed by atoms with Gasteiger partial charge in [0, 0.05) is 30.6 Å². The van der Waals surface area contributed by atoms with E-state index in [1.54, 1.807) is 0 Å². The maximum Gasteiger partial charge on any atom is 0.307 e. The van der Waals surface area contributed by atoms with E-state index in [1.807, 2.05) is 17.8 Å². The highest BCUT2D eigenvalue weighted by Gasteiger charge is 2.25. The molecule has 0 saturated carbocycles. The summed E-state index contributed by atoms with van der Waals surface area (Å²) < 4.78 is 4.78. The lowest BCUT2D eigenvalue weighted by Crippen LogP contribution is -2.43. The average Bonchev–Trinajstić information content (AvgIpc) is 2.42. The first-order chi connectivity index (χ1) is 8.79. The van der Waals surface area contributed by atoms with Crippen LogP contribution in [-0.4, -0.2) is 42.1 Å². The summed E-state index contributed by atoms with van der Waals surface area (Å²) in [6.45, 7) is 1.96. The Morgan fingerprint density at radius 1 is 1.44 bits per heavy atom. The van der Waals surface area contributed by atoms with Crippen LogP contribution in [0.3, 0.4) is 0 Å². The highest BCUT2D eigenvalue weighted by atomic mass is 32.2. The molecule has 0 radical (unpaired) electrons. The van der Waals surface area contributed by atoms with Crippen molar-refractivity contribution in [2.75, 3.05) is 25.2 Å². The van der Waals surface area contributed by atoms with Crippen molar-refractivity contribution < 1.29 is 9.53 Å². The van der Waals surface area contributed by atoms with Gasteiger partial charge in [-0.05, 0) is 5.56 Å². The van der Waals surface area contributed by atoms with E-state index in [0.29, 0.717) is 12.5 Å². The lowest BCUT2D eigenvalue weighted by Gasteiger charge is -2.34. The Hall–Kier alpha value is -1.00. The van der Waals surface area contributed by atoms with Crippen LogP contribution in [0.15, 0.2) is 30.3 Å². The van der Waals surface area contributed by atoms with Gasteiger partial charge in [-0.3, -0.25) is 9.69 Å². The molecule has 1 aromatic rings. The number of hydrogen-bond acceptors (Lipinski definition) is 4. The highest BCUT2D eigenvalue weighted by molar-refractivity contribution is 7.99. The molecule has 1 aromatic carbocycles. The first-order valence-electron chi connectivity index (χ1n) is 6.22. The van der Waals surface area contributed by atoms with Crippen LogP contribution in [0, 0.1) is 0 Å². The monoisotopic (exact) mass is 265 g/mol. The third-order valence-electron chi connectivity index (χ3n) is 3.21. The fourth-order valence-electron chi connectivity index (χ4n) is 2.18. The molecule has 0 amide bonds. The molecular formula is C14H19NO2S. The maximum atomic E-state index is 11.4. The first-order valence-corrected chi connectivity index (χ1v) is 7.37. The van der Waals surface area contributed by atoms with Crippen LogP contribution < -0.4 is 0 Å². The fraction of sp³-hybridized carbons (Fsp3) is 0.500. The summed E-state index contributed by atoms with van der Waals surface area (Å²) in [5.74, 6) is 2.05. The van der Waals surface area contributed by atoms with E-state index < -0.39 is 0 Å². The Morgan fingerprint density at radius 2 is 2.22 bits per heavy atom. The lowest BCUT2D eigenvalue weighted by molar-refractivity contribution is -0.141. The second-order valence-electron chi connectivity index (χ2n) is 4.47. The molecule has 0 aliphatic carbocycles. The number of benzene rings is 1. The summed E-state index contributed by atoms with van der Waals surface area (Å²) in [6, 6.07) is 10.7. The second kappa shape index (κ2) is 6.81. The summed E-state index contributed by atoms with van der Waals surface area (Å²) >= 11 is 1.92. The topological polar surface area (TPSA) is 29.5 Å². The molecule has 0 spiro atoms. The van der Waals surface area contributed by atoms with Crippen LogP contribution >= 0.6 is 11.8 Å². The number of ether oxygens (including phenoxy) is 1. The van der Waals surface area contributed by atoms with Crippen molar-refractivity contribution in [3.8, 4) is 0 Å². The Balaban J connectivity index is 1.97. The first kappa shape index (κ1) is 13.4. The van der Waals surface area contributed by atoms with Crippen molar-refractivity contribution in [1.82, 2.24) is 4.90 Å². The smallest absolute Gasteiger partial charge is 0.307 e. The van der Waals surface area contributed by atoms with Crippen molar-refractivity contribution in [2.24, 2.45) is 0 Å². The van der Waals surface area contributed by atoms with E-state index in [-0.39, 0.29) is 5.97 Å². The molecule has 0 N–H and O–H groups in total. The zero-order chi connectivity index (χ0) is 12.8. The molecule has 0 unspecified atom stereocenters.